The standard InChI is InChI=1S/C10H13F2NO2/c1-5(13)8-9(11)6(14-2)4-7(15-3)10(8)12/h4-5H,13H2,1-3H3. The van der Waals surface area contributed by atoms with E-state index in [1.165, 1.54) is 21.1 Å². The lowest BCUT2D eigenvalue weighted by Crippen LogP contribution is -2.12. The number of hydrogen-bond acceptors (Lipinski definition) is 3. The van der Waals surface area contributed by atoms with E-state index in [1.807, 2.05) is 0 Å². The molecule has 0 aliphatic rings. The van der Waals surface area contributed by atoms with E-state index in [0.717, 1.165) is 6.07 Å². The fourth-order valence-corrected chi connectivity index (χ4v) is 1.30. The van der Waals surface area contributed by atoms with Crippen LogP contribution in [0.25, 0.3) is 0 Å². The monoisotopic (exact) mass is 217 g/mol. The largest absolute Gasteiger partial charge is 0.494 e. The molecule has 0 bridgehead atoms. The summed E-state index contributed by atoms with van der Waals surface area (Å²) in [5.74, 6) is -1.74. The highest BCUT2D eigenvalue weighted by atomic mass is 19.1. The first kappa shape index (κ1) is 11.7. The van der Waals surface area contributed by atoms with Crippen LogP contribution >= 0.6 is 0 Å². The molecule has 0 saturated carbocycles. The number of nitrogens with two attached hydrogens (primary N) is 1. The van der Waals surface area contributed by atoms with Crippen molar-refractivity contribution in [3.63, 3.8) is 0 Å². The minimum absolute atomic E-state index is 0.0828. The lowest BCUT2D eigenvalue weighted by Gasteiger charge is -2.14. The smallest absolute Gasteiger partial charge is 0.173 e. The van der Waals surface area contributed by atoms with Gasteiger partial charge >= 0.3 is 0 Å². The van der Waals surface area contributed by atoms with E-state index in [0.29, 0.717) is 0 Å². The molecule has 0 fully saturated rings. The van der Waals surface area contributed by atoms with Gasteiger partial charge in [0.1, 0.15) is 0 Å². The van der Waals surface area contributed by atoms with Crippen LogP contribution in [0.2, 0.25) is 0 Å². The van der Waals surface area contributed by atoms with Gasteiger partial charge in [-0.15, -0.1) is 0 Å². The van der Waals surface area contributed by atoms with Gasteiger partial charge in [0.15, 0.2) is 23.1 Å². The summed E-state index contributed by atoms with van der Waals surface area (Å²) < 4.78 is 36.7. The van der Waals surface area contributed by atoms with Crippen LogP contribution in [0.1, 0.15) is 18.5 Å². The summed E-state index contributed by atoms with van der Waals surface area (Å²) >= 11 is 0. The third kappa shape index (κ3) is 2.02. The molecule has 0 aliphatic carbocycles. The highest BCUT2D eigenvalue weighted by molar-refractivity contribution is 5.42. The van der Waals surface area contributed by atoms with E-state index in [2.05, 4.69) is 0 Å². The second-order valence-electron chi connectivity index (χ2n) is 3.11. The maximum atomic E-state index is 13.6. The van der Waals surface area contributed by atoms with Crippen molar-refractivity contribution in [3.05, 3.63) is 23.3 Å². The van der Waals surface area contributed by atoms with Crippen LogP contribution in [0, 0.1) is 11.6 Å². The third-order valence-corrected chi connectivity index (χ3v) is 2.06. The molecule has 1 rings (SSSR count). The first-order valence-electron chi connectivity index (χ1n) is 4.38. The molecule has 3 nitrogen and oxygen atoms in total. The van der Waals surface area contributed by atoms with E-state index in [9.17, 15) is 8.78 Å². The third-order valence-electron chi connectivity index (χ3n) is 2.06. The van der Waals surface area contributed by atoms with Crippen LogP contribution in [-0.2, 0) is 0 Å². The lowest BCUT2D eigenvalue weighted by molar-refractivity contribution is 0.351. The van der Waals surface area contributed by atoms with Gasteiger partial charge in [-0.05, 0) is 6.92 Å². The second-order valence-corrected chi connectivity index (χ2v) is 3.11. The van der Waals surface area contributed by atoms with Gasteiger partial charge in [0.2, 0.25) is 0 Å². The summed E-state index contributed by atoms with van der Waals surface area (Å²) in [6.45, 7) is 1.49. The zero-order chi connectivity index (χ0) is 11.6. The first-order chi connectivity index (χ1) is 7.02. The van der Waals surface area contributed by atoms with Gasteiger partial charge in [-0.2, -0.15) is 0 Å². The molecule has 0 radical (unpaired) electrons. The molecule has 0 amide bonds. The number of rotatable bonds is 3. The van der Waals surface area contributed by atoms with Gasteiger partial charge in [0.25, 0.3) is 0 Å². The van der Waals surface area contributed by atoms with E-state index >= 15 is 0 Å². The number of methoxy groups -OCH3 is 2. The minimum atomic E-state index is -0.786. The number of hydrogen-bond donors (Lipinski definition) is 1. The van der Waals surface area contributed by atoms with Crippen LogP contribution in [0.15, 0.2) is 6.07 Å². The van der Waals surface area contributed by atoms with E-state index in [1.54, 1.807) is 0 Å². The fraction of sp³-hybridized carbons (Fsp3) is 0.400. The van der Waals surface area contributed by atoms with Crippen LogP contribution in [0.5, 0.6) is 11.5 Å². The van der Waals surface area contributed by atoms with Crippen LogP contribution in [0.3, 0.4) is 0 Å². The molecule has 2 N–H and O–H groups in total. The average Bonchev–Trinajstić information content (AvgIpc) is 2.18. The summed E-state index contributed by atoms with van der Waals surface area (Å²) in [5.41, 5.74) is 5.24. The average molecular weight is 217 g/mol. The van der Waals surface area contributed by atoms with Crippen LogP contribution in [0.4, 0.5) is 8.78 Å². The zero-order valence-corrected chi connectivity index (χ0v) is 8.80. The summed E-state index contributed by atoms with van der Waals surface area (Å²) in [6.07, 6.45) is 0. The lowest BCUT2D eigenvalue weighted by atomic mass is 10.1. The highest BCUT2D eigenvalue weighted by Gasteiger charge is 2.22. The maximum absolute atomic E-state index is 13.6. The predicted molar refractivity (Wildman–Crippen MR) is 52.1 cm³/mol. The summed E-state index contributed by atoms with van der Waals surface area (Å²) in [5, 5.41) is 0. The van der Waals surface area contributed by atoms with Crippen molar-refractivity contribution in [1.29, 1.82) is 0 Å². The van der Waals surface area contributed by atoms with Gasteiger partial charge < -0.3 is 15.2 Å². The van der Waals surface area contributed by atoms with Gasteiger partial charge in [-0.3, -0.25) is 0 Å². The first-order valence-corrected chi connectivity index (χ1v) is 4.38. The van der Waals surface area contributed by atoms with E-state index in [4.69, 9.17) is 15.2 Å². The Kier molecular flexibility index (Phi) is 3.47. The van der Waals surface area contributed by atoms with E-state index in [-0.39, 0.29) is 17.1 Å². The number of ether oxygens (including phenoxy) is 2. The van der Waals surface area contributed by atoms with Crippen molar-refractivity contribution in [2.45, 2.75) is 13.0 Å². The molecular formula is C10H13F2NO2. The molecule has 0 spiro atoms. The molecule has 0 aliphatic heterocycles. The van der Waals surface area contributed by atoms with Gasteiger partial charge in [-0.1, -0.05) is 0 Å². The molecule has 1 atom stereocenters. The van der Waals surface area contributed by atoms with Crippen molar-refractivity contribution in [1.82, 2.24) is 0 Å². The van der Waals surface area contributed by atoms with E-state index < -0.39 is 17.7 Å². The molecule has 0 saturated heterocycles. The topological polar surface area (TPSA) is 44.5 Å². The second kappa shape index (κ2) is 4.44. The normalized spacial score (nSPS) is 12.4. The van der Waals surface area contributed by atoms with Crippen molar-refractivity contribution in [2.75, 3.05) is 14.2 Å². The number of halogens is 2. The Bertz CT molecular complexity index is 339. The van der Waals surface area contributed by atoms with Crippen molar-refractivity contribution < 1.29 is 18.3 Å². The summed E-state index contributed by atoms with van der Waals surface area (Å²) in [7, 11) is 2.58. The maximum Gasteiger partial charge on any atom is 0.173 e. The molecule has 15 heavy (non-hydrogen) atoms. The summed E-state index contributed by atoms with van der Waals surface area (Å²) in [6, 6.07) is 0.380. The molecule has 0 aromatic heterocycles. The number of benzene rings is 1. The van der Waals surface area contributed by atoms with Crippen molar-refractivity contribution in [2.24, 2.45) is 5.73 Å². The Morgan fingerprint density at radius 1 is 1.13 bits per heavy atom. The zero-order valence-electron chi connectivity index (χ0n) is 8.80. The van der Waals surface area contributed by atoms with Gasteiger partial charge in [-0.25, -0.2) is 8.78 Å². The molecule has 5 heteroatoms. The van der Waals surface area contributed by atoms with Gasteiger partial charge in [0.05, 0.1) is 14.2 Å². The predicted octanol–water partition coefficient (Wildman–Crippen LogP) is 2.00. The molecule has 1 aromatic carbocycles. The Balaban J connectivity index is 3.46. The highest BCUT2D eigenvalue weighted by Crippen LogP contribution is 2.33. The Morgan fingerprint density at radius 3 is 1.80 bits per heavy atom. The van der Waals surface area contributed by atoms with Crippen LogP contribution in [-0.4, -0.2) is 14.2 Å². The molecule has 0 heterocycles. The molecular weight excluding hydrogens is 204 g/mol. The van der Waals surface area contributed by atoms with Crippen molar-refractivity contribution >= 4 is 0 Å². The SMILES string of the molecule is COc1cc(OC)c(F)c(C(C)N)c1F. The molecule has 1 unspecified atom stereocenters. The molecule has 84 valence electrons. The Labute approximate surface area is 86.8 Å². The molecule has 1 aromatic rings. The van der Waals surface area contributed by atoms with Crippen molar-refractivity contribution in [3.8, 4) is 11.5 Å². The Morgan fingerprint density at radius 2 is 1.53 bits per heavy atom. The van der Waals surface area contributed by atoms with Gasteiger partial charge in [0, 0.05) is 17.7 Å². The summed E-state index contributed by atoms with van der Waals surface area (Å²) in [4.78, 5) is 0. The van der Waals surface area contributed by atoms with Crippen LogP contribution < -0.4 is 15.2 Å². The fourth-order valence-electron chi connectivity index (χ4n) is 1.30. The quantitative estimate of drug-likeness (QED) is 0.842. The Hall–Kier alpha value is -1.36. The minimum Gasteiger partial charge on any atom is -0.494 e.